The number of carbonyl (C=O) groups excluding carboxylic acids is 2. The average molecular weight is 305 g/mol. The van der Waals surface area contributed by atoms with E-state index in [-0.39, 0.29) is 23.4 Å². The van der Waals surface area contributed by atoms with Gasteiger partial charge in [0.05, 0.1) is 0 Å². The lowest BCUT2D eigenvalue weighted by molar-refractivity contribution is -0.132. The van der Waals surface area contributed by atoms with E-state index < -0.39 is 5.97 Å². The monoisotopic (exact) mass is 305 g/mol. The lowest BCUT2D eigenvalue weighted by Crippen LogP contribution is -2.39. The number of ketones is 1. The molecular formula is C16H16FNO4. The van der Waals surface area contributed by atoms with E-state index in [1.54, 1.807) is 0 Å². The van der Waals surface area contributed by atoms with Crippen LogP contribution in [-0.2, 0) is 9.59 Å². The molecule has 0 atom stereocenters. The normalized spacial score (nSPS) is 16.0. The number of rotatable bonds is 4. The lowest BCUT2D eigenvalue weighted by atomic mass is 9.89. The number of carboxylic acids is 1. The highest BCUT2D eigenvalue weighted by molar-refractivity contribution is 5.98. The predicted octanol–water partition coefficient (Wildman–Crippen LogP) is 1.89. The highest BCUT2D eigenvalue weighted by Crippen LogP contribution is 2.22. The second-order valence-electron chi connectivity index (χ2n) is 5.14. The predicted molar refractivity (Wildman–Crippen MR) is 76.8 cm³/mol. The van der Waals surface area contributed by atoms with Crippen LogP contribution in [0.2, 0.25) is 0 Å². The molecule has 0 radical (unpaired) electrons. The fourth-order valence-corrected chi connectivity index (χ4v) is 2.46. The van der Waals surface area contributed by atoms with Crippen molar-refractivity contribution in [2.24, 2.45) is 5.92 Å². The van der Waals surface area contributed by atoms with E-state index in [1.165, 1.54) is 29.2 Å². The SMILES string of the molecule is O=C(O)C=CC(=O)N1CCC(C(=O)c2ccc(F)cc2)CC1. The number of hydrogen-bond acceptors (Lipinski definition) is 3. The van der Waals surface area contributed by atoms with Crippen molar-refractivity contribution in [2.75, 3.05) is 13.1 Å². The summed E-state index contributed by atoms with van der Waals surface area (Å²) in [5.74, 6) is -2.17. The first-order valence-corrected chi connectivity index (χ1v) is 6.97. The number of Topliss-reactive ketones (excluding diaryl/α,β-unsaturated/α-hetero) is 1. The number of carbonyl (C=O) groups is 3. The smallest absolute Gasteiger partial charge is 0.328 e. The van der Waals surface area contributed by atoms with Gasteiger partial charge in [0.1, 0.15) is 5.82 Å². The number of hydrogen-bond donors (Lipinski definition) is 1. The standard InChI is InChI=1S/C16H16FNO4/c17-13-3-1-11(2-4-13)16(22)12-7-9-18(10-8-12)14(19)5-6-15(20)21/h1-6,12H,7-10H2,(H,20,21). The number of carboxylic acid groups (broad SMARTS) is 1. The minimum absolute atomic E-state index is 0.0480. The highest BCUT2D eigenvalue weighted by Gasteiger charge is 2.27. The van der Waals surface area contributed by atoms with Gasteiger partial charge >= 0.3 is 5.97 Å². The molecule has 116 valence electrons. The molecule has 1 N–H and O–H groups in total. The Morgan fingerprint density at radius 3 is 2.23 bits per heavy atom. The summed E-state index contributed by atoms with van der Waals surface area (Å²) >= 11 is 0. The molecule has 0 aromatic heterocycles. The molecule has 1 aliphatic heterocycles. The number of amides is 1. The number of piperidine rings is 1. The van der Waals surface area contributed by atoms with Crippen molar-refractivity contribution in [3.63, 3.8) is 0 Å². The van der Waals surface area contributed by atoms with E-state index in [9.17, 15) is 18.8 Å². The summed E-state index contributed by atoms with van der Waals surface area (Å²) in [4.78, 5) is 35.9. The Hall–Kier alpha value is -2.50. The maximum absolute atomic E-state index is 12.9. The van der Waals surface area contributed by atoms with E-state index >= 15 is 0 Å². The van der Waals surface area contributed by atoms with Gasteiger partial charge in [-0.1, -0.05) is 0 Å². The maximum atomic E-state index is 12.9. The lowest BCUT2D eigenvalue weighted by Gasteiger charge is -2.30. The molecule has 2 rings (SSSR count). The molecule has 1 aliphatic rings. The van der Waals surface area contributed by atoms with Crippen LogP contribution < -0.4 is 0 Å². The summed E-state index contributed by atoms with van der Waals surface area (Å²) in [5, 5.41) is 8.49. The van der Waals surface area contributed by atoms with Crippen LogP contribution in [0.15, 0.2) is 36.4 Å². The minimum Gasteiger partial charge on any atom is -0.478 e. The summed E-state index contributed by atoms with van der Waals surface area (Å²) < 4.78 is 12.9. The first kappa shape index (κ1) is 15.9. The van der Waals surface area contributed by atoms with E-state index in [1.807, 2.05) is 0 Å². The molecule has 0 unspecified atom stereocenters. The third-order valence-electron chi connectivity index (χ3n) is 3.67. The van der Waals surface area contributed by atoms with Gasteiger partial charge in [0.2, 0.25) is 5.91 Å². The first-order valence-electron chi connectivity index (χ1n) is 6.97. The van der Waals surface area contributed by atoms with Crippen LogP contribution in [0, 0.1) is 11.7 Å². The van der Waals surface area contributed by atoms with Crippen LogP contribution >= 0.6 is 0 Å². The molecule has 0 bridgehead atoms. The Labute approximate surface area is 127 Å². The Kier molecular flexibility index (Phi) is 5.04. The third kappa shape index (κ3) is 4.00. The number of nitrogens with zero attached hydrogens (tertiary/aromatic N) is 1. The Morgan fingerprint density at radius 2 is 1.68 bits per heavy atom. The zero-order valence-electron chi connectivity index (χ0n) is 11.9. The van der Waals surface area contributed by atoms with Gasteiger partial charge in [-0.3, -0.25) is 9.59 Å². The molecule has 1 fully saturated rings. The van der Waals surface area contributed by atoms with Crippen LogP contribution in [0.1, 0.15) is 23.2 Å². The van der Waals surface area contributed by atoms with E-state index in [0.29, 0.717) is 31.5 Å². The van der Waals surface area contributed by atoms with E-state index in [2.05, 4.69) is 0 Å². The largest absolute Gasteiger partial charge is 0.478 e. The molecule has 1 amide bonds. The summed E-state index contributed by atoms with van der Waals surface area (Å²) in [6, 6.07) is 5.43. The fraction of sp³-hybridized carbons (Fsp3) is 0.312. The van der Waals surface area contributed by atoms with Crippen molar-refractivity contribution in [3.05, 3.63) is 47.8 Å². The molecule has 0 aliphatic carbocycles. The third-order valence-corrected chi connectivity index (χ3v) is 3.67. The number of halogens is 1. The molecule has 1 heterocycles. The molecule has 1 aromatic rings. The molecule has 6 heteroatoms. The molecular weight excluding hydrogens is 289 g/mol. The van der Waals surface area contributed by atoms with Gasteiger partial charge in [0.15, 0.2) is 5.78 Å². The Balaban J connectivity index is 1.91. The second kappa shape index (κ2) is 6.98. The van der Waals surface area contributed by atoms with Crippen molar-refractivity contribution in [1.29, 1.82) is 0 Å². The van der Waals surface area contributed by atoms with Gasteiger partial charge in [-0.15, -0.1) is 0 Å². The Morgan fingerprint density at radius 1 is 1.09 bits per heavy atom. The van der Waals surface area contributed by atoms with Crippen molar-refractivity contribution in [2.45, 2.75) is 12.8 Å². The first-order chi connectivity index (χ1) is 10.5. The van der Waals surface area contributed by atoms with Gasteiger partial charge in [-0.25, -0.2) is 9.18 Å². The van der Waals surface area contributed by atoms with Crippen molar-refractivity contribution < 1.29 is 23.9 Å². The van der Waals surface area contributed by atoms with Gasteiger partial charge < -0.3 is 10.0 Å². The Bertz CT molecular complexity index is 601. The highest BCUT2D eigenvalue weighted by atomic mass is 19.1. The summed E-state index contributed by atoms with van der Waals surface area (Å²) in [7, 11) is 0. The molecule has 0 saturated carbocycles. The molecule has 1 saturated heterocycles. The number of benzene rings is 1. The second-order valence-corrected chi connectivity index (χ2v) is 5.14. The average Bonchev–Trinajstić information content (AvgIpc) is 2.53. The topological polar surface area (TPSA) is 74.7 Å². The molecule has 1 aromatic carbocycles. The van der Waals surface area contributed by atoms with Crippen LogP contribution in [-0.4, -0.2) is 40.8 Å². The minimum atomic E-state index is -1.17. The van der Waals surface area contributed by atoms with Gasteiger partial charge in [0.25, 0.3) is 0 Å². The van der Waals surface area contributed by atoms with E-state index in [0.717, 1.165) is 12.2 Å². The summed E-state index contributed by atoms with van der Waals surface area (Å²) in [5.41, 5.74) is 0.469. The van der Waals surface area contributed by atoms with Crippen molar-refractivity contribution >= 4 is 17.7 Å². The molecule has 22 heavy (non-hydrogen) atoms. The van der Waals surface area contributed by atoms with Crippen LogP contribution in [0.5, 0.6) is 0 Å². The summed E-state index contributed by atoms with van der Waals surface area (Å²) in [6.45, 7) is 0.806. The van der Waals surface area contributed by atoms with Gasteiger partial charge in [0, 0.05) is 36.7 Å². The van der Waals surface area contributed by atoms with Gasteiger partial charge in [-0.2, -0.15) is 0 Å². The zero-order chi connectivity index (χ0) is 16.1. The van der Waals surface area contributed by atoms with Gasteiger partial charge in [-0.05, 0) is 37.1 Å². The summed E-state index contributed by atoms with van der Waals surface area (Å²) in [6.07, 6.45) is 2.86. The maximum Gasteiger partial charge on any atom is 0.328 e. The number of aliphatic carboxylic acids is 1. The van der Waals surface area contributed by atoms with Crippen molar-refractivity contribution in [1.82, 2.24) is 4.90 Å². The quantitative estimate of drug-likeness (QED) is 0.681. The van der Waals surface area contributed by atoms with Crippen LogP contribution in [0.3, 0.4) is 0 Å². The van der Waals surface area contributed by atoms with Crippen LogP contribution in [0.4, 0.5) is 4.39 Å². The van der Waals surface area contributed by atoms with Crippen LogP contribution in [0.25, 0.3) is 0 Å². The molecule has 5 nitrogen and oxygen atoms in total. The fourth-order valence-electron chi connectivity index (χ4n) is 2.46. The zero-order valence-corrected chi connectivity index (χ0v) is 11.9. The van der Waals surface area contributed by atoms with Crippen molar-refractivity contribution in [3.8, 4) is 0 Å². The number of likely N-dealkylation sites (tertiary alicyclic amines) is 1. The van der Waals surface area contributed by atoms with E-state index in [4.69, 9.17) is 5.11 Å². The molecule has 0 spiro atoms.